The van der Waals surface area contributed by atoms with Crippen LogP contribution in [0.3, 0.4) is 0 Å². The Morgan fingerprint density at radius 1 is 1.22 bits per heavy atom. The van der Waals surface area contributed by atoms with Crippen molar-refractivity contribution in [2.24, 2.45) is 5.92 Å². The number of hydrogen-bond acceptors (Lipinski definition) is 5. The molecular formula is C26H45N3O2S. The van der Waals surface area contributed by atoms with Gasteiger partial charge in [-0.3, -0.25) is 9.71 Å². The number of nitrogens with zero attached hydrogens (tertiary/aromatic N) is 2. The number of piperidine rings is 1. The fourth-order valence-corrected chi connectivity index (χ4v) is 4.55. The molecule has 0 saturated carbocycles. The number of likely N-dealkylation sites (tertiary alicyclic amines) is 1. The highest BCUT2D eigenvalue weighted by Gasteiger charge is 2.29. The van der Waals surface area contributed by atoms with Crippen LogP contribution in [0.1, 0.15) is 105 Å². The van der Waals surface area contributed by atoms with Crippen molar-refractivity contribution in [3.8, 4) is 0 Å². The summed E-state index contributed by atoms with van der Waals surface area (Å²) in [5, 5.41) is 0. The van der Waals surface area contributed by atoms with Crippen LogP contribution in [0, 0.1) is 5.92 Å². The third-order valence-corrected chi connectivity index (χ3v) is 6.56. The van der Waals surface area contributed by atoms with Gasteiger partial charge in [-0.15, -0.1) is 0 Å². The van der Waals surface area contributed by atoms with Crippen LogP contribution in [0.25, 0.3) is 0 Å². The second-order valence-corrected chi connectivity index (χ2v) is 13.8. The molecule has 1 amide bonds. The highest BCUT2D eigenvalue weighted by Crippen LogP contribution is 2.32. The zero-order valence-corrected chi connectivity index (χ0v) is 22.6. The minimum absolute atomic E-state index is 0.0939. The second-order valence-electron chi connectivity index (χ2n) is 12.1. The standard InChI is InChI=1S/C26H45N3O2S/c1-24(2,3)20-14-15-27-22(17-20)21(28-32-26(7,8)9)13-12-19-11-10-16-29(18-19)23(30)31-25(4,5)6/h14-15,17,19,21,28H,10-13,16,18H2,1-9H3. The zero-order valence-electron chi connectivity index (χ0n) is 21.7. The summed E-state index contributed by atoms with van der Waals surface area (Å²) < 4.78 is 9.43. The summed E-state index contributed by atoms with van der Waals surface area (Å²) in [6.45, 7) is 20.7. The fourth-order valence-electron chi connectivity index (χ4n) is 3.82. The Kier molecular flexibility index (Phi) is 9.08. The molecule has 0 radical (unpaired) electrons. The zero-order chi connectivity index (χ0) is 24.2. The van der Waals surface area contributed by atoms with Crippen molar-refractivity contribution >= 4 is 18.0 Å². The lowest BCUT2D eigenvalue weighted by Crippen LogP contribution is -2.43. The number of amides is 1. The van der Waals surface area contributed by atoms with E-state index in [0.29, 0.717) is 5.92 Å². The van der Waals surface area contributed by atoms with Crippen molar-refractivity contribution in [1.82, 2.24) is 14.6 Å². The third kappa shape index (κ3) is 9.30. The van der Waals surface area contributed by atoms with Crippen molar-refractivity contribution in [2.75, 3.05) is 13.1 Å². The van der Waals surface area contributed by atoms with E-state index in [1.165, 1.54) is 5.56 Å². The van der Waals surface area contributed by atoms with Gasteiger partial charge >= 0.3 is 6.09 Å². The molecule has 2 heterocycles. The van der Waals surface area contributed by atoms with Crippen molar-refractivity contribution in [3.63, 3.8) is 0 Å². The number of ether oxygens (including phenoxy) is 1. The monoisotopic (exact) mass is 463 g/mol. The maximum absolute atomic E-state index is 12.5. The maximum Gasteiger partial charge on any atom is 0.410 e. The largest absolute Gasteiger partial charge is 0.444 e. The van der Waals surface area contributed by atoms with Gasteiger partial charge in [0.25, 0.3) is 0 Å². The molecule has 0 aromatic carbocycles. The maximum atomic E-state index is 12.5. The van der Waals surface area contributed by atoms with Crippen LogP contribution in [0.2, 0.25) is 0 Å². The topological polar surface area (TPSA) is 54.5 Å². The molecule has 1 aromatic heterocycles. The van der Waals surface area contributed by atoms with E-state index in [1.54, 1.807) is 11.9 Å². The summed E-state index contributed by atoms with van der Waals surface area (Å²) in [5.74, 6) is 0.492. The average molecular weight is 464 g/mol. The molecule has 2 unspecified atom stereocenters. The first kappa shape index (κ1) is 27.0. The van der Waals surface area contributed by atoms with Crippen molar-refractivity contribution in [2.45, 2.75) is 110 Å². The number of aromatic nitrogens is 1. The van der Waals surface area contributed by atoms with Gasteiger partial charge in [0.15, 0.2) is 0 Å². The molecule has 0 spiro atoms. The fraction of sp³-hybridized carbons (Fsp3) is 0.769. The Morgan fingerprint density at radius 2 is 1.91 bits per heavy atom. The molecule has 6 heteroatoms. The number of carbonyl (C=O) groups excluding carboxylic acids is 1. The summed E-state index contributed by atoms with van der Waals surface area (Å²) in [6.07, 6.45) is 6.01. The number of nitrogens with one attached hydrogen (secondary N) is 1. The number of hydrogen-bond donors (Lipinski definition) is 1. The Labute approximate surface area is 200 Å². The van der Waals surface area contributed by atoms with Gasteiger partial charge in [0.05, 0.1) is 11.7 Å². The Hall–Kier alpha value is -1.27. The van der Waals surface area contributed by atoms with Gasteiger partial charge in [-0.05, 0) is 96.3 Å². The van der Waals surface area contributed by atoms with Crippen LogP contribution in [0.15, 0.2) is 18.3 Å². The van der Waals surface area contributed by atoms with Gasteiger partial charge in [0.1, 0.15) is 5.60 Å². The molecule has 1 aromatic rings. The lowest BCUT2D eigenvalue weighted by atomic mass is 9.86. The van der Waals surface area contributed by atoms with E-state index >= 15 is 0 Å². The second kappa shape index (κ2) is 10.8. The summed E-state index contributed by atoms with van der Waals surface area (Å²) in [7, 11) is 0. The van der Waals surface area contributed by atoms with Crippen LogP contribution in [0.5, 0.6) is 0 Å². The van der Waals surface area contributed by atoms with E-state index in [1.807, 2.05) is 31.9 Å². The average Bonchev–Trinajstić information content (AvgIpc) is 2.65. The van der Waals surface area contributed by atoms with Gasteiger partial charge in [-0.25, -0.2) is 4.79 Å². The molecule has 1 aliphatic rings. The molecule has 32 heavy (non-hydrogen) atoms. The molecule has 1 saturated heterocycles. The molecule has 5 nitrogen and oxygen atoms in total. The van der Waals surface area contributed by atoms with Crippen LogP contribution in [-0.2, 0) is 10.2 Å². The van der Waals surface area contributed by atoms with Gasteiger partial charge in [0, 0.05) is 24.0 Å². The van der Waals surface area contributed by atoms with E-state index in [0.717, 1.165) is 44.5 Å². The van der Waals surface area contributed by atoms with Crippen molar-refractivity contribution in [1.29, 1.82) is 0 Å². The first-order valence-electron chi connectivity index (χ1n) is 12.0. The van der Waals surface area contributed by atoms with Crippen molar-refractivity contribution in [3.05, 3.63) is 29.6 Å². The molecule has 0 bridgehead atoms. The van der Waals surface area contributed by atoms with Crippen LogP contribution < -0.4 is 4.72 Å². The Morgan fingerprint density at radius 3 is 2.50 bits per heavy atom. The lowest BCUT2D eigenvalue weighted by Gasteiger charge is -2.35. The van der Waals surface area contributed by atoms with Crippen molar-refractivity contribution < 1.29 is 9.53 Å². The number of carbonyl (C=O) groups is 1. The van der Waals surface area contributed by atoms with E-state index in [9.17, 15) is 4.79 Å². The number of rotatable bonds is 6. The lowest BCUT2D eigenvalue weighted by molar-refractivity contribution is 0.0160. The van der Waals surface area contributed by atoms with Crippen LogP contribution in [-0.4, -0.2) is 39.4 Å². The van der Waals surface area contributed by atoms with Crippen LogP contribution in [0.4, 0.5) is 4.79 Å². The highest BCUT2D eigenvalue weighted by atomic mass is 32.2. The quantitative estimate of drug-likeness (QED) is 0.466. The Balaban J connectivity index is 2.07. The van der Waals surface area contributed by atoms with E-state index in [-0.39, 0.29) is 22.3 Å². The number of pyridine rings is 1. The minimum Gasteiger partial charge on any atom is -0.444 e. The van der Waals surface area contributed by atoms with Gasteiger partial charge in [-0.2, -0.15) is 0 Å². The predicted molar refractivity (Wildman–Crippen MR) is 136 cm³/mol. The summed E-state index contributed by atoms with van der Waals surface area (Å²) in [6, 6.07) is 4.56. The highest BCUT2D eigenvalue weighted by molar-refractivity contribution is 7.98. The van der Waals surface area contributed by atoms with Crippen LogP contribution >= 0.6 is 11.9 Å². The summed E-state index contributed by atoms with van der Waals surface area (Å²) in [5.41, 5.74) is 2.06. The first-order chi connectivity index (χ1) is 14.6. The van der Waals surface area contributed by atoms with E-state index < -0.39 is 5.60 Å². The molecular weight excluding hydrogens is 418 g/mol. The first-order valence-corrected chi connectivity index (χ1v) is 12.8. The molecule has 2 rings (SSSR count). The molecule has 0 aliphatic carbocycles. The minimum atomic E-state index is -0.451. The predicted octanol–water partition coefficient (Wildman–Crippen LogP) is 6.88. The van der Waals surface area contributed by atoms with Gasteiger partial charge < -0.3 is 9.64 Å². The molecule has 1 N–H and O–H groups in total. The smallest absolute Gasteiger partial charge is 0.410 e. The third-order valence-electron chi connectivity index (χ3n) is 5.55. The molecule has 1 aliphatic heterocycles. The normalized spacial score (nSPS) is 19.0. The Bertz CT molecular complexity index is 747. The summed E-state index contributed by atoms with van der Waals surface area (Å²) >= 11 is 1.77. The molecule has 182 valence electrons. The summed E-state index contributed by atoms with van der Waals surface area (Å²) in [4.78, 5) is 19.2. The van der Waals surface area contributed by atoms with Gasteiger partial charge in [-0.1, -0.05) is 32.7 Å². The van der Waals surface area contributed by atoms with E-state index in [2.05, 4.69) is 58.4 Å². The van der Waals surface area contributed by atoms with Gasteiger partial charge in [0.2, 0.25) is 0 Å². The van der Waals surface area contributed by atoms with E-state index in [4.69, 9.17) is 9.72 Å². The molecule has 2 atom stereocenters. The SMILES string of the molecule is CC(C)(C)OC(=O)N1CCCC(CCC(NSC(C)(C)C)c2cc(C(C)(C)C)ccn2)C1. The molecule has 1 fully saturated rings.